The highest BCUT2D eigenvalue weighted by Crippen LogP contribution is 2.76. The van der Waals surface area contributed by atoms with Crippen LogP contribution >= 0.6 is 0 Å². The van der Waals surface area contributed by atoms with Gasteiger partial charge in [0, 0.05) is 29.7 Å². The lowest BCUT2D eigenvalue weighted by Crippen LogP contribution is -2.65. The zero-order valence-corrected chi connectivity index (χ0v) is 21.2. The van der Waals surface area contributed by atoms with E-state index in [1.54, 1.807) is 0 Å². The van der Waals surface area contributed by atoms with E-state index in [0.29, 0.717) is 24.8 Å². The molecule has 35 heavy (non-hydrogen) atoms. The Morgan fingerprint density at radius 3 is 2.46 bits per heavy atom. The molecule has 7 heteroatoms. The molecule has 7 rings (SSSR count). The van der Waals surface area contributed by atoms with E-state index in [2.05, 4.69) is 6.92 Å². The normalized spacial score (nSPS) is 58.7. The summed E-state index contributed by atoms with van der Waals surface area (Å²) in [6, 6.07) is 0. The molecule has 4 saturated carbocycles. The predicted octanol–water partition coefficient (Wildman–Crippen LogP) is 3.06. The van der Waals surface area contributed by atoms with E-state index < -0.39 is 40.5 Å². The van der Waals surface area contributed by atoms with E-state index in [1.807, 2.05) is 20.8 Å². The van der Waals surface area contributed by atoms with E-state index in [1.165, 1.54) is 0 Å². The van der Waals surface area contributed by atoms with Gasteiger partial charge in [0.1, 0.15) is 23.1 Å². The SMILES string of the molecule is CC1=C(C)C(=O)O[C@@H]([C@]2(C)O[C@@H](O)[C@]34CC[C@H]5[C@@H](C[C@H]6O[C@]67[C@@H](O)CCC(=O)[C@]57C)[C@@H]3CC[C@H]24)C1. The van der Waals surface area contributed by atoms with Gasteiger partial charge in [0.25, 0.3) is 0 Å². The third kappa shape index (κ3) is 2.39. The Morgan fingerprint density at radius 2 is 1.71 bits per heavy atom. The van der Waals surface area contributed by atoms with Gasteiger partial charge in [0.15, 0.2) is 6.29 Å². The lowest BCUT2D eigenvalue weighted by Gasteiger charge is -2.58. The van der Waals surface area contributed by atoms with Crippen LogP contribution in [0, 0.1) is 34.5 Å². The number of carbonyl (C=O) groups is 2. The minimum absolute atomic E-state index is 0.0805. The van der Waals surface area contributed by atoms with Crippen molar-refractivity contribution < 1.29 is 34.0 Å². The smallest absolute Gasteiger partial charge is 0.334 e. The Labute approximate surface area is 206 Å². The molecule has 0 aromatic heterocycles. The van der Waals surface area contributed by atoms with Crippen molar-refractivity contribution in [1.29, 1.82) is 0 Å². The lowest BCUT2D eigenvalue weighted by atomic mass is 9.43. The quantitative estimate of drug-likeness (QED) is 0.433. The number of ketones is 1. The maximum absolute atomic E-state index is 13.4. The second kappa shape index (κ2) is 6.77. The molecule has 0 radical (unpaired) electrons. The van der Waals surface area contributed by atoms with Crippen LogP contribution in [-0.2, 0) is 23.8 Å². The molecule has 7 aliphatic rings. The fourth-order valence-electron chi connectivity index (χ4n) is 10.5. The van der Waals surface area contributed by atoms with Gasteiger partial charge in [-0.15, -0.1) is 0 Å². The fourth-order valence-corrected chi connectivity index (χ4v) is 10.5. The van der Waals surface area contributed by atoms with Crippen molar-refractivity contribution in [3.05, 3.63) is 11.1 Å². The minimum Gasteiger partial charge on any atom is -0.456 e. The second-order valence-electron chi connectivity index (χ2n) is 13.1. The van der Waals surface area contributed by atoms with Crippen LogP contribution in [0.3, 0.4) is 0 Å². The van der Waals surface area contributed by atoms with Crippen molar-refractivity contribution in [1.82, 2.24) is 0 Å². The Balaban J connectivity index is 1.24. The molecule has 2 saturated heterocycles. The van der Waals surface area contributed by atoms with Crippen LogP contribution in [-0.4, -0.2) is 57.8 Å². The number of aliphatic hydroxyl groups is 2. The van der Waals surface area contributed by atoms with E-state index in [0.717, 1.165) is 37.7 Å². The standard InChI is InChI=1S/C28H38O7/c1-13-11-21(33-23(31)14(13)2)26(4)18-6-5-17-15-12-22-28(34-22)20(30)8-7-19(29)25(28,3)16(15)9-10-27(17,18)24(32)35-26/h15-18,20-22,24,30,32H,5-12H2,1-4H3/t15-,16+,17+,18-,20+,21-,22-,24-,25+,26-,27-,28-/m1/s1. The maximum atomic E-state index is 13.4. The van der Waals surface area contributed by atoms with Crippen molar-refractivity contribution >= 4 is 11.8 Å². The number of rotatable bonds is 1. The third-order valence-electron chi connectivity index (χ3n) is 12.4. The Morgan fingerprint density at radius 1 is 0.943 bits per heavy atom. The highest BCUT2D eigenvalue weighted by atomic mass is 16.7. The Bertz CT molecular complexity index is 1050. The molecule has 4 aliphatic carbocycles. The molecule has 3 aliphatic heterocycles. The molecule has 12 atom stereocenters. The van der Waals surface area contributed by atoms with Gasteiger partial charge in [-0.25, -0.2) is 4.79 Å². The monoisotopic (exact) mass is 486 g/mol. The van der Waals surface area contributed by atoms with Gasteiger partial charge < -0.3 is 24.4 Å². The van der Waals surface area contributed by atoms with Crippen molar-refractivity contribution in [2.45, 2.75) is 115 Å². The summed E-state index contributed by atoms with van der Waals surface area (Å²) in [4.78, 5) is 26.0. The summed E-state index contributed by atoms with van der Waals surface area (Å²) in [5.41, 5.74) is -0.804. The topological polar surface area (TPSA) is 106 Å². The van der Waals surface area contributed by atoms with Crippen molar-refractivity contribution in [3.8, 4) is 0 Å². The summed E-state index contributed by atoms with van der Waals surface area (Å²) >= 11 is 0. The van der Waals surface area contributed by atoms with Crippen LogP contribution in [0.2, 0.25) is 0 Å². The summed E-state index contributed by atoms with van der Waals surface area (Å²) < 4.78 is 18.6. The van der Waals surface area contributed by atoms with Gasteiger partial charge >= 0.3 is 5.97 Å². The highest BCUT2D eigenvalue weighted by molar-refractivity contribution is 5.90. The summed E-state index contributed by atoms with van der Waals surface area (Å²) in [5.74, 6) is 0.683. The van der Waals surface area contributed by atoms with Crippen LogP contribution in [0.5, 0.6) is 0 Å². The van der Waals surface area contributed by atoms with E-state index in [4.69, 9.17) is 14.2 Å². The van der Waals surface area contributed by atoms with Crippen molar-refractivity contribution in [2.24, 2.45) is 34.5 Å². The summed E-state index contributed by atoms with van der Waals surface area (Å²) in [6.07, 6.45) is 3.91. The van der Waals surface area contributed by atoms with Gasteiger partial charge in [-0.3, -0.25) is 4.79 Å². The van der Waals surface area contributed by atoms with Gasteiger partial charge in [0.2, 0.25) is 0 Å². The van der Waals surface area contributed by atoms with Crippen LogP contribution < -0.4 is 0 Å². The Kier molecular flexibility index (Phi) is 4.43. The number of epoxide rings is 1. The molecule has 0 unspecified atom stereocenters. The number of Topliss-reactive ketones (excluding diaryl/α,β-unsaturated/α-hetero) is 1. The molecule has 2 spiro atoms. The number of cyclic esters (lactones) is 1. The number of hydrogen-bond acceptors (Lipinski definition) is 7. The molecule has 2 N–H and O–H groups in total. The second-order valence-corrected chi connectivity index (χ2v) is 13.1. The van der Waals surface area contributed by atoms with Crippen LogP contribution in [0.15, 0.2) is 11.1 Å². The first-order chi connectivity index (χ1) is 16.5. The van der Waals surface area contributed by atoms with E-state index in [9.17, 15) is 19.8 Å². The zero-order valence-electron chi connectivity index (χ0n) is 21.2. The summed E-state index contributed by atoms with van der Waals surface area (Å²) in [7, 11) is 0. The predicted molar refractivity (Wildman–Crippen MR) is 124 cm³/mol. The van der Waals surface area contributed by atoms with Crippen LogP contribution in [0.25, 0.3) is 0 Å². The lowest BCUT2D eigenvalue weighted by molar-refractivity contribution is -0.219. The first-order valence-electron chi connectivity index (χ1n) is 13.6. The number of carbonyl (C=O) groups excluding carboxylic acids is 2. The van der Waals surface area contributed by atoms with E-state index in [-0.39, 0.29) is 41.5 Å². The van der Waals surface area contributed by atoms with Crippen molar-refractivity contribution in [2.75, 3.05) is 0 Å². The first-order valence-corrected chi connectivity index (χ1v) is 13.6. The van der Waals surface area contributed by atoms with Gasteiger partial charge in [-0.1, -0.05) is 5.57 Å². The minimum atomic E-state index is -0.913. The third-order valence-corrected chi connectivity index (χ3v) is 12.4. The number of ether oxygens (including phenoxy) is 3. The largest absolute Gasteiger partial charge is 0.456 e. The molecular weight excluding hydrogens is 448 g/mol. The van der Waals surface area contributed by atoms with Gasteiger partial charge in [-0.05, 0) is 84.0 Å². The van der Waals surface area contributed by atoms with Gasteiger partial charge in [0.05, 0.1) is 17.6 Å². The molecule has 7 nitrogen and oxygen atoms in total. The number of aliphatic hydroxyl groups excluding tert-OH is 2. The Hall–Kier alpha value is -1.28. The molecule has 6 fully saturated rings. The molecule has 192 valence electrons. The molecule has 0 aromatic rings. The summed E-state index contributed by atoms with van der Waals surface area (Å²) in [5, 5.41) is 22.5. The number of hydrogen-bond donors (Lipinski definition) is 2. The first kappa shape index (κ1) is 22.9. The fraction of sp³-hybridized carbons (Fsp3) is 0.857. The maximum Gasteiger partial charge on any atom is 0.334 e. The molecule has 0 aromatic carbocycles. The average Bonchev–Trinajstić information content (AvgIpc) is 3.34. The number of esters is 1. The van der Waals surface area contributed by atoms with E-state index >= 15 is 0 Å². The highest BCUT2D eigenvalue weighted by Gasteiger charge is 2.82. The molecular formula is C28H38O7. The van der Waals surface area contributed by atoms with Gasteiger partial charge in [-0.2, -0.15) is 0 Å². The average molecular weight is 487 g/mol. The molecule has 0 bridgehead atoms. The zero-order chi connectivity index (χ0) is 24.7. The van der Waals surface area contributed by atoms with Crippen LogP contribution in [0.1, 0.15) is 79.1 Å². The van der Waals surface area contributed by atoms with Crippen LogP contribution in [0.4, 0.5) is 0 Å². The number of fused-ring (bicyclic) bond motifs is 3. The molecule has 3 heterocycles. The summed E-state index contributed by atoms with van der Waals surface area (Å²) in [6.45, 7) is 7.88. The van der Waals surface area contributed by atoms with Crippen molar-refractivity contribution in [3.63, 3.8) is 0 Å². The molecule has 0 amide bonds.